The normalized spacial score (nSPS) is 10.7. The molecule has 0 bridgehead atoms. The topological polar surface area (TPSA) is 56.7 Å². The van der Waals surface area contributed by atoms with Gasteiger partial charge in [0.05, 0.1) is 22.6 Å². The zero-order chi connectivity index (χ0) is 12.5. The molecule has 18 heavy (non-hydrogen) atoms. The summed E-state index contributed by atoms with van der Waals surface area (Å²) in [5.74, 6) is 0. The summed E-state index contributed by atoms with van der Waals surface area (Å²) in [5, 5.41) is 7.76. The van der Waals surface area contributed by atoms with Crippen molar-refractivity contribution in [3.8, 4) is 16.4 Å². The van der Waals surface area contributed by atoms with Crippen LogP contribution in [0.1, 0.15) is 0 Å². The Balaban J connectivity index is 2.11. The van der Waals surface area contributed by atoms with Crippen LogP contribution in [-0.2, 0) is 0 Å². The summed E-state index contributed by atoms with van der Waals surface area (Å²) in [4.78, 5) is 4.21. The van der Waals surface area contributed by atoms with Gasteiger partial charge in [0.25, 0.3) is 0 Å². The van der Waals surface area contributed by atoms with Crippen LogP contribution in [-0.4, -0.2) is 14.8 Å². The number of hydrogen-bond donors (Lipinski definition) is 1. The summed E-state index contributed by atoms with van der Waals surface area (Å²) in [6, 6.07) is 7.49. The number of aromatic nitrogens is 3. The van der Waals surface area contributed by atoms with Crippen molar-refractivity contribution in [2.45, 2.75) is 0 Å². The monoisotopic (exact) mass is 276 g/mol. The molecule has 3 rings (SSSR count). The standard InChI is InChI=1S/C12H9ClN4S/c13-8-3-1-2-4-10(8)17-7-9(14)11(16-17)12-15-5-6-18-12/h1-7H,14H2. The van der Waals surface area contributed by atoms with Gasteiger partial charge < -0.3 is 5.73 Å². The number of para-hydroxylation sites is 1. The highest BCUT2D eigenvalue weighted by molar-refractivity contribution is 7.13. The van der Waals surface area contributed by atoms with Crippen molar-refractivity contribution >= 4 is 28.6 Å². The Kier molecular flexibility index (Phi) is 2.77. The maximum absolute atomic E-state index is 6.13. The number of anilines is 1. The second kappa shape index (κ2) is 4.44. The van der Waals surface area contributed by atoms with Crippen LogP contribution < -0.4 is 5.73 Å². The van der Waals surface area contributed by atoms with Crippen LogP contribution in [0.25, 0.3) is 16.4 Å². The third kappa shape index (κ3) is 1.87. The molecule has 2 N–H and O–H groups in total. The molecule has 0 unspecified atom stereocenters. The number of thiazole rings is 1. The molecule has 0 fully saturated rings. The van der Waals surface area contributed by atoms with Crippen molar-refractivity contribution < 1.29 is 0 Å². The molecule has 0 amide bonds. The second-order valence-electron chi connectivity index (χ2n) is 3.67. The molecule has 90 valence electrons. The van der Waals surface area contributed by atoms with E-state index in [1.807, 2.05) is 29.6 Å². The zero-order valence-corrected chi connectivity index (χ0v) is 10.8. The number of halogens is 1. The number of rotatable bonds is 2. The van der Waals surface area contributed by atoms with E-state index in [0.29, 0.717) is 16.4 Å². The van der Waals surface area contributed by atoms with E-state index in [1.165, 1.54) is 11.3 Å². The highest BCUT2D eigenvalue weighted by atomic mass is 35.5. The molecule has 2 aromatic heterocycles. The van der Waals surface area contributed by atoms with Gasteiger partial charge in [-0.15, -0.1) is 11.3 Å². The van der Waals surface area contributed by atoms with E-state index in [2.05, 4.69) is 10.1 Å². The maximum Gasteiger partial charge on any atom is 0.145 e. The Labute approximate surface area is 113 Å². The predicted molar refractivity (Wildman–Crippen MR) is 74.1 cm³/mol. The molecular weight excluding hydrogens is 268 g/mol. The third-order valence-electron chi connectivity index (χ3n) is 2.48. The average molecular weight is 277 g/mol. The van der Waals surface area contributed by atoms with Crippen LogP contribution in [0.4, 0.5) is 5.69 Å². The predicted octanol–water partition coefficient (Wildman–Crippen LogP) is 3.23. The average Bonchev–Trinajstić information content (AvgIpc) is 2.98. The van der Waals surface area contributed by atoms with Crippen LogP contribution in [0.2, 0.25) is 5.02 Å². The summed E-state index contributed by atoms with van der Waals surface area (Å²) >= 11 is 7.63. The van der Waals surface area contributed by atoms with Gasteiger partial charge in [0.2, 0.25) is 0 Å². The Hall–Kier alpha value is -1.85. The summed E-state index contributed by atoms with van der Waals surface area (Å²) in [6.07, 6.45) is 3.48. The largest absolute Gasteiger partial charge is 0.396 e. The molecule has 4 nitrogen and oxygen atoms in total. The molecule has 0 saturated carbocycles. The Morgan fingerprint density at radius 3 is 2.83 bits per heavy atom. The minimum atomic E-state index is 0.588. The quantitative estimate of drug-likeness (QED) is 0.782. The molecule has 0 saturated heterocycles. The summed E-state index contributed by atoms with van der Waals surface area (Å²) in [7, 11) is 0. The summed E-state index contributed by atoms with van der Waals surface area (Å²) in [6.45, 7) is 0. The fourth-order valence-electron chi connectivity index (χ4n) is 1.65. The Bertz CT molecular complexity index is 675. The van der Waals surface area contributed by atoms with Crippen molar-refractivity contribution in [3.63, 3.8) is 0 Å². The molecule has 0 spiro atoms. The van der Waals surface area contributed by atoms with Crippen molar-refractivity contribution in [2.24, 2.45) is 0 Å². The van der Waals surface area contributed by atoms with Gasteiger partial charge in [0, 0.05) is 11.6 Å². The molecule has 2 heterocycles. The van der Waals surface area contributed by atoms with E-state index >= 15 is 0 Å². The first-order chi connectivity index (χ1) is 8.75. The van der Waals surface area contributed by atoms with Crippen LogP contribution in [0.5, 0.6) is 0 Å². The molecule has 3 aromatic rings. The smallest absolute Gasteiger partial charge is 0.145 e. The van der Waals surface area contributed by atoms with Crippen LogP contribution >= 0.6 is 22.9 Å². The molecular formula is C12H9ClN4S. The van der Waals surface area contributed by atoms with Crippen molar-refractivity contribution in [2.75, 3.05) is 5.73 Å². The SMILES string of the molecule is Nc1cn(-c2ccccc2Cl)nc1-c1nccs1. The van der Waals surface area contributed by atoms with Gasteiger partial charge in [0.15, 0.2) is 0 Å². The van der Waals surface area contributed by atoms with Crippen LogP contribution in [0, 0.1) is 0 Å². The minimum Gasteiger partial charge on any atom is -0.396 e. The lowest BCUT2D eigenvalue weighted by molar-refractivity contribution is 0.884. The van der Waals surface area contributed by atoms with Crippen molar-refractivity contribution in [3.05, 3.63) is 47.1 Å². The van der Waals surface area contributed by atoms with Crippen LogP contribution in [0.15, 0.2) is 42.0 Å². The lowest BCUT2D eigenvalue weighted by atomic mass is 10.3. The molecule has 0 aliphatic rings. The van der Waals surface area contributed by atoms with E-state index in [1.54, 1.807) is 17.1 Å². The van der Waals surface area contributed by atoms with Crippen LogP contribution in [0.3, 0.4) is 0 Å². The zero-order valence-electron chi connectivity index (χ0n) is 9.25. The van der Waals surface area contributed by atoms with Crippen molar-refractivity contribution in [1.29, 1.82) is 0 Å². The summed E-state index contributed by atoms with van der Waals surface area (Å²) in [5.41, 5.74) is 8.03. The van der Waals surface area contributed by atoms with Crippen molar-refractivity contribution in [1.82, 2.24) is 14.8 Å². The molecule has 6 heteroatoms. The number of nitrogens with zero attached hydrogens (tertiary/aromatic N) is 3. The first kappa shape index (κ1) is 11.3. The van der Waals surface area contributed by atoms with Gasteiger partial charge in [-0.05, 0) is 12.1 Å². The lowest BCUT2D eigenvalue weighted by Crippen LogP contribution is -1.95. The Morgan fingerprint density at radius 2 is 2.11 bits per heavy atom. The van der Waals surface area contributed by atoms with Gasteiger partial charge in [-0.2, -0.15) is 5.10 Å². The number of nitrogen functional groups attached to an aromatic ring is 1. The van der Waals surface area contributed by atoms with Gasteiger partial charge in [-0.1, -0.05) is 23.7 Å². The van der Waals surface area contributed by atoms with E-state index < -0.39 is 0 Å². The molecule has 0 radical (unpaired) electrons. The Morgan fingerprint density at radius 1 is 1.28 bits per heavy atom. The molecule has 0 aliphatic heterocycles. The van der Waals surface area contributed by atoms with Gasteiger partial charge in [-0.25, -0.2) is 9.67 Å². The lowest BCUT2D eigenvalue weighted by Gasteiger charge is -2.02. The third-order valence-corrected chi connectivity index (χ3v) is 3.58. The van der Waals surface area contributed by atoms with E-state index in [-0.39, 0.29) is 0 Å². The van der Waals surface area contributed by atoms with E-state index in [4.69, 9.17) is 17.3 Å². The highest BCUT2D eigenvalue weighted by Crippen LogP contribution is 2.28. The fraction of sp³-hybridized carbons (Fsp3) is 0. The molecule has 1 aromatic carbocycles. The van der Waals surface area contributed by atoms with Gasteiger partial charge in [0.1, 0.15) is 10.7 Å². The second-order valence-corrected chi connectivity index (χ2v) is 4.97. The highest BCUT2D eigenvalue weighted by Gasteiger charge is 2.12. The minimum absolute atomic E-state index is 0.588. The van der Waals surface area contributed by atoms with Gasteiger partial charge >= 0.3 is 0 Å². The van der Waals surface area contributed by atoms with Gasteiger partial charge in [-0.3, -0.25) is 0 Å². The van der Waals surface area contributed by atoms with E-state index in [0.717, 1.165) is 10.7 Å². The first-order valence-corrected chi connectivity index (χ1v) is 6.51. The molecule has 0 aliphatic carbocycles. The fourth-order valence-corrected chi connectivity index (χ4v) is 2.52. The number of benzene rings is 1. The first-order valence-electron chi connectivity index (χ1n) is 5.25. The summed E-state index contributed by atoms with van der Waals surface area (Å²) < 4.78 is 1.68. The van der Waals surface area contributed by atoms with E-state index in [9.17, 15) is 0 Å². The number of nitrogens with two attached hydrogens (primary N) is 1. The molecule has 0 atom stereocenters. The number of hydrogen-bond acceptors (Lipinski definition) is 4. The maximum atomic E-state index is 6.13.